The normalized spacial score (nSPS) is 12.7. The minimum absolute atomic E-state index is 0.108. The van der Waals surface area contributed by atoms with Gasteiger partial charge in [-0.05, 0) is 6.42 Å². The maximum absolute atomic E-state index is 10.5. The van der Waals surface area contributed by atoms with E-state index in [-0.39, 0.29) is 5.69 Å². The summed E-state index contributed by atoms with van der Waals surface area (Å²) in [5, 5.41) is 24.1. The van der Waals surface area contributed by atoms with Crippen LogP contribution in [0.4, 0.5) is 0 Å². The Kier molecular flexibility index (Phi) is 4.26. The number of aromatic carboxylic acids is 1. The Hall–Kier alpha value is -1.40. The van der Waals surface area contributed by atoms with Gasteiger partial charge in [-0.25, -0.2) is 4.79 Å². The van der Waals surface area contributed by atoms with Crippen molar-refractivity contribution in [3.05, 3.63) is 17.5 Å². The van der Waals surface area contributed by atoms with Crippen molar-refractivity contribution in [1.82, 2.24) is 10.5 Å². The van der Waals surface area contributed by atoms with Gasteiger partial charge in [0, 0.05) is 12.6 Å². The molecule has 6 heteroatoms. The van der Waals surface area contributed by atoms with Gasteiger partial charge in [0.2, 0.25) is 0 Å². The van der Waals surface area contributed by atoms with Gasteiger partial charge in [0.05, 0.1) is 12.6 Å². The number of hydrogen-bond donors (Lipinski definition) is 3. The molecule has 1 heterocycles. The molecule has 0 aliphatic rings. The van der Waals surface area contributed by atoms with E-state index in [9.17, 15) is 9.90 Å². The average Bonchev–Trinajstić information content (AvgIpc) is 2.66. The van der Waals surface area contributed by atoms with Crippen molar-refractivity contribution in [3.63, 3.8) is 0 Å². The summed E-state index contributed by atoms with van der Waals surface area (Å²) in [6, 6.07) is 1.35. The fourth-order valence-electron chi connectivity index (χ4n) is 1.00. The van der Waals surface area contributed by atoms with Crippen LogP contribution < -0.4 is 5.32 Å². The average molecular weight is 214 g/mol. The van der Waals surface area contributed by atoms with E-state index >= 15 is 0 Å². The first-order valence-corrected chi connectivity index (χ1v) is 4.71. The van der Waals surface area contributed by atoms with E-state index in [2.05, 4.69) is 10.5 Å². The number of aliphatic hydroxyl groups excluding tert-OH is 1. The Bertz CT molecular complexity index is 324. The van der Waals surface area contributed by atoms with E-state index in [1.807, 2.05) is 6.92 Å². The highest BCUT2D eigenvalue weighted by Gasteiger charge is 2.10. The molecule has 0 bridgehead atoms. The molecule has 0 aliphatic heterocycles. The van der Waals surface area contributed by atoms with Crippen LogP contribution >= 0.6 is 0 Å². The summed E-state index contributed by atoms with van der Waals surface area (Å²) in [4.78, 5) is 10.5. The maximum Gasteiger partial charge on any atom is 0.358 e. The second kappa shape index (κ2) is 5.47. The first-order valence-electron chi connectivity index (χ1n) is 4.71. The van der Waals surface area contributed by atoms with E-state index in [4.69, 9.17) is 9.63 Å². The molecule has 15 heavy (non-hydrogen) atoms. The third-order valence-corrected chi connectivity index (χ3v) is 1.93. The van der Waals surface area contributed by atoms with Gasteiger partial charge in [-0.15, -0.1) is 0 Å². The number of carbonyl (C=O) groups is 1. The number of aliphatic hydroxyl groups is 1. The smallest absolute Gasteiger partial charge is 0.358 e. The van der Waals surface area contributed by atoms with Crippen molar-refractivity contribution < 1.29 is 19.5 Å². The maximum atomic E-state index is 10.5. The van der Waals surface area contributed by atoms with Crippen molar-refractivity contribution in [3.8, 4) is 0 Å². The number of aromatic nitrogens is 1. The molecule has 84 valence electrons. The number of carboxylic acid groups (broad SMARTS) is 1. The molecule has 0 fully saturated rings. The number of hydrogen-bond acceptors (Lipinski definition) is 5. The van der Waals surface area contributed by atoms with Crippen LogP contribution in [0.3, 0.4) is 0 Å². The van der Waals surface area contributed by atoms with Crippen molar-refractivity contribution in [1.29, 1.82) is 0 Å². The van der Waals surface area contributed by atoms with Gasteiger partial charge < -0.3 is 20.1 Å². The van der Waals surface area contributed by atoms with Crippen LogP contribution in [0.25, 0.3) is 0 Å². The van der Waals surface area contributed by atoms with Crippen LogP contribution in [-0.4, -0.2) is 34.0 Å². The van der Waals surface area contributed by atoms with Crippen LogP contribution in [0.5, 0.6) is 0 Å². The Balaban J connectivity index is 2.35. The van der Waals surface area contributed by atoms with Gasteiger partial charge in [-0.3, -0.25) is 0 Å². The summed E-state index contributed by atoms with van der Waals surface area (Å²) < 4.78 is 4.77. The minimum atomic E-state index is -1.11. The Morgan fingerprint density at radius 2 is 2.47 bits per heavy atom. The van der Waals surface area contributed by atoms with Crippen molar-refractivity contribution >= 4 is 5.97 Å². The summed E-state index contributed by atoms with van der Waals surface area (Å²) in [6.45, 7) is 2.68. The predicted octanol–water partition coefficient (Wildman–Crippen LogP) is 0.233. The van der Waals surface area contributed by atoms with E-state index < -0.39 is 12.1 Å². The van der Waals surface area contributed by atoms with Crippen LogP contribution in [0.2, 0.25) is 0 Å². The fourth-order valence-corrected chi connectivity index (χ4v) is 1.00. The lowest BCUT2D eigenvalue weighted by atomic mass is 10.3. The Morgan fingerprint density at radius 3 is 3.00 bits per heavy atom. The van der Waals surface area contributed by atoms with Gasteiger partial charge in [-0.1, -0.05) is 12.1 Å². The van der Waals surface area contributed by atoms with Crippen molar-refractivity contribution in [2.24, 2.45) is 0 Å². The summed E-state index contributed by atoms with van der Waals surface area (Å²) in [7, 11) is 0. The zero-order valence-corrected chi connectivity index (χ0v) is 8.43. The zero-order valence-electron chi connectivity index (χ0n) is 8.43. The van der Waals surface area contributed by atoms with Gasteiger partial charge in [0.25, 0.3) is 0 Å². The highest BCUT2D eigenvalue weighted by atomic mass is 16.5. The van der Waals surface area contributed by atoms with Crippen LogP contribution in [0.1, 0.15) is 29.6 Å². The summed E-state index contributed by atoms with van der Waals surface area (Å²) in [5.74, 6) is -0.672. The van der Waals surface area contributed by atoms with Gasteiger partial charge in [-0.2, -0.15) is 0 Å². The van der Waals surface area contributed by atoms with Gasteiger partial charge in [0.15, 0.2) is 11.5 Å². The SMILES string of the molecule is CCC(O)CNCc1cc(C(=O)O)no1. The molecule has 0 saturated carbocycles. The lowest BCUT2D eigenvalue weighted by molar-refractivity contribution is 0.0685. The quantitative estimate of drug-likeness (QED) is 0.627. The molecule has 0 amide bonds. The highest BCUT2D eigenvalue weighted by Crippen LogP contribution is 2.02. The molecule has 0 aromatic carbocycles. The topological polar surface area (TPSA) is 95.6 Å². The molecule has 1 atom stereocenters. The first kappa shape index (κ1) is 11.7. The summed E-state index contributed by atoms with van der Waals surface area (Å²) >= 11 is 0. The molecule has 1 aromatic rings. The third kappa shape index (κ3) is 3.69. The first-order chi connectivity index (χ1) is 7.13. The van der Waals surface area contributed by atoms with E-state index in [1.54, 1.807) is 0 Å². The molecule has 0 aliphatic carbocycles. The largest absolute Gasteiger partial charge is 0.476 e. The standard InChI is InChI=1S/C9H14N2O4/c1-2-6(12)4-10-5-7-3-8(9(13)14)11-15-7/h3,6,10,12H,2,4-5H2,1H3,(H,13,14). The molecule has 0 radical (unpaired) electrons. The van der Waals surface area contributed by atoms with E-state index in [1.165, 1.54) is 6.07 Å². The second-order valence-corrected chi connectivity index (χ2v) is 3.18. The summed E-state index contributed by atoms with van der Waals surface area (Å²) in [6.07, 6.45) is 0.274. The summed E-state index contributed by atoms with van der Waals surface area (Å²) in [5.41, 5.74) is -0.108. The Morgan fingerprint density at radius 1 is 1.73 bits per heavy atom. The third-order valence-electron chi connectivity index (χ3n) is 1.93. The zero-order chi connectivity index (χ0) is 11.3. The van der Waals surface area contributed by atoms with Gasteiger partial charge >= 0.3 is 5.97 Å². The minimum Gasteiger partial charge on any atom is -0.476 e. The molecule has 6 nitrogen and oxygen atoms in total. The molecule has 0 saturated heterocycles. The molecular weight excluding hydrogens is 200 g/mol. The van der Waals surface area contributed by atoms with Crippen LogP contribution in [-0.2, 0) is 6.54 Å². The number of nitrogens with zero attached hydrogens (tertiary/aromatic N) is 1. The van der Waals surface area contributed by atoms with Crippen molar-refractivity contribution in [2.75, 3.05) is 6.54 Å². The molecule has 1 aromatic heterocycles. The number of rotatable bonds is 6. The highest BCUT2D eigenvalue weighted by molar-refractivity contribution is 5.85. The molecule has 0 spiro atoms. The van der Waals surface area contributed by atoms with Gasteiger partial charge in [0.1, 0.15) is 0 Å². The number of nitrogens with one attached hydrogen (secondary N) is 1. The lowest BCUT2D eigenvalue weighted by Crippen LogP contribution is -2.25. The van der Waals surface area contributed by atoms with E-state index in [0.29, 0.717) is 25.3 Å². The predicted molar refractivity (Wildman–Crippen MR) is 51.5 cm³/mol. The fraction of sp³-hybridized carbons (Fsp3) is 0.556. The lowest BCUT2D eigenvalue weighted by Gasteiger charge is -2.06. The van der Waals surface area contributed by atoms with Crippen molar-refractivity contribution in [2.45, 2.75) is 26.0 Å². The van der Waals surface area contributed by atoms with E-state index in [0.717, 1.165) is 0 Å². The molecule has 1 unspecified atom stereocenters. The molecule has 3 N–H and O–H groups in total. The molecule has 1 rings (SSSR count). The number of carboxylic acids is 1. The Labute approximate surface area is 86.9 Å². The molecular formula is C9H14N2O4. The van der Waals surface area contributed by atoms with Crippen LogP contribution in [0, 0.1) is 0 Å². The van der Waals surface area contributed by atoms with Crippen LogP contribution in [0.15, 0.2) is 10.6 Å². The monoisotopic (exact) mass is 214 g/mol. The second-order valence-electron chi connectivity index (χ2n) is 3.18.